The highest BCUT2D eigenvalue weighted by atomic mass is 16.5. The number of rotatable bonds is 6. The van der Waals surface area contributed by atoms with Gasteiger partial charge in [-0.25, -0.2) is 4.79 Å². The number of hydrogen-bond donors (Lipinski definition) is 1. The molecule has 27 heavy (non-hydrogen) atoms. The monoisotopic (exact) mass is 372 g/mol. The van der Waals surface area contributed by atoms with Crippen molar-refractivity contribution in [3.05, 3.63) is 34.2 Å². The zero-order chi connectivity index (χ0) is 18.8. The molecule has 0 saturated carbocycles. The summed E-state index contributed by atoms with van der Waals surface area (Å²) in [4.78, 5) is 32.3. The van der Waals surface area contributed by atoms with Crippen molar-refractivity contribution in [2.75, 3.05) is 39.4 Å². The van der Waals surface area contributed by atoms with Gasteiger partial charge in [0.25, 0.3) is 5.91 Å². The molecule has 2 fully saturated rings. The molecule has 0 aliphatic carbocycles. The second-order valence-corrected chi connectivity index (χ2v) is 7.47. The van der Waals surface area contributed by atoms with Crippen LogP contribution in [0.3, 0.4) is 0 Å². The van der Waals surface area contributed by atoms with Gasteiger partial charge < -0.3 is 14.6 Å². The lowest BCUT2D eigenvalue weighted by atomic mass is 10.0. The van der Waals surface area contributed by atoms with Crippen molar-refractivity contribution in [2.45, 2.75) is 38.8 Å². The molecule has 0 unspecified atom stereocenters. The average Bonchev–Trinajstić information content (AvgIpc) is 2.96. The van der Waals surface area contributed by atoms with E-state index in [2.05, 4.69) is 9.88 Å². The molecule has 1 amide bonds. The number of H-pyrrole nitrogens is 1. The molecular formula is C20H28N4O3. The van der Waals surface area contributed by atoms with E-state index in [4.69, 9.17) is 4.74 Å². The van der Waals surface area contributed by atoms with Gasteiger partial charge in [0, 0.05) is 31.3 Å². The Bertz CT molecular complexity index is 860. The van der Waals surface area contributed by atoms with E-state index >= 15 is 0 Å². The van der Waals surface area contributed by atoms with E-state index in [1.807, 2.05) is 24.0 Å². The fraction of sp³-hybridized carbons (Fsp3) is 0.600. The van der Waals surface area contributed by atoms with Crippen LogP contribution in [-0.4, -0.2) is 70.7 Å². The molecule has 1 aromatic carbocycles. The summed E-state index contributed by atoms with van der Waals surface area (Å²) >= 11 is 0. The van der Waals surface area contributed by atoms with Crippen molar-refractivity contribution in [3.63, 3.8) is 0 Å². The zero-order valence-electron chi connectivity index (χ0n) is 15.9. The van der Waals surface area contributed by atoms with Crippen molar-refractivity contribution in [1.29, 1.82) is 0 Å². The van der Waals surface area contributed by atoms with Gasteiger partial charge in [0.15, 0.2) is 0 Å². The molecule has 4 rings (SSSR count). The number of aromatic amines is 1. The van der Waals surface area contributed by atoms with Gasteiger partial charge in [-0.2, -0.15) is 0 Å². The summed E-state index contributed by atoms with van der Waals surface area (Å²) in [6.07, 6.45) is 3.87. The second kappa shape index (κ2) is 7.86. The summed E-state index contributed by atoms with van der Waals surface area (Å²) in [5, 5.41) is 0. The molecule has 2 aromatic rings. The van der Waals surface area contributed by atoms with Crippen LogP contribution in [0.2, 0.25) is 0 Å². The minimum Gasteiger partial charge on any atom is -0.380 e. The lowest BCUT2D eigenvalue weighted by Gasteiger charge is -2.46. The van der Waals surface area contributed by atoms with Crippen LogP contribution in [0.15, 0.2) is 23.0 Å². The highest BCUT2D eigenvalue weighted by Gasteiger charge is 2.35. The maximum atomic E-state index is 12.8. The van der Waals surface area contributed by atoms with E-state index in [1.165, 1.54) is 19.3 Å². The SMILES string of the molecule is CCOCCn1c(=O)[nH]c2cc(C(=O)N3CC(N4CCCCC4)C3)ccc21. The van der Waals surface area contributed by atoms with Crippen LogP contribution < -0.4 is 5.69 Å². The summed E-state index contributed by atoms with van der Waals surface area (Å²) in [7, 11) is 0. The first-order chi connectivity index (χ1) is 13.2. The van der Waals surface area contributed by atoms with Gasteiger partial charge in [0.05, 0.1) is 24.2 Å². The zero-order valence-corrected chi connectivity index (χ0v) is 15.9. The Morgan fingerprint density at radius 1 is 1.22 bits per heavy atom. The molecule has 7 heteroatoms. The van der Waals surface area contributed by atoms with Crippen LogP contribution in [0.1, 0.15) is 36.5 Å². The molecule has 2 saturated heterocycles. The Kier molecular flexibility index (Phi) is 5.31. The number of nitrogens with one attached hydrogen (secondary N) is 1. The number of fused-ring (bicyclic) bond motifs is 1. The summed E-state index contributed by atoms with van der Waals surface area (Å²) in [6, 6.07) is 5.99. The van der Waals surface area contributed by atoms with E-state index in [0.717, 1.165) is 31.7 Å². The number of imidazole rings is 1. The minimum atomic E-state index is -0.164. The minimum absolute atomic E-state index is 0.0491. The van der Waals surface area contributed by atoms with Gasteiger partial charge in [-0.3, -0.25) is 14.3 Å². The van der Waals surface area contributed by atoms with Gasteiger partial charge in [0.2, 0.25) is 0 Å². The number of nitrogens with zero attached hydrogens (tertiary/aromatic N) is 3. The third-order valence-corrected chi connectivity index (χ3v) is 5.74. The Hall–Kier alpha value is -2.12. The van der Waals surface area contributed by atoms with Gasteiger partial charge in [0.1, 0.15) is 0 Å². The van der Waals surface area contributed by atoms with Crippen molar-refractivity contribution in [3.8, 4) is 0 Å². The van der Waals surface area contributed by atoms with Crippen LogP contribution in [0.4, 0.5) is 0 Å². The molecule has 146 valence electrons. The van der Waals surface area contributed by atoms with Gasteiger partial charge in [-0.05, 0) is 51.1 Å². The van der Waals surface area contributed by atoms with Gasteiger partial charge in [-0.15, -0.1) is 0 Å². The highest BCUT2D eigenvalue weighted by Crippen LogP contribution is 2.22. The van der Waals surface area contributed by atoms with Crippen LogP contribution >= 0.6 is 0 Å². The van der Waals surface area contributed by atoms with Crippen molar-refractivity contribution >= 4 is 16.9 Å². The molecule has 0 atom stereocenters. The topological polar surface area (TPSA) is 70.6 Å². The number of hydrogen-bond acceptors (Lipinski definition) is 4. The molecule has 1 aromatic heterocycles. The maximum absolute atomic E-state index is 12.8. The van der Waals surface area contributed by atoms with Crippen molar-refractivity contribution < 1.29 is 9.53 Å². The van der Waals surface area contributed by atoms with E-state index in [-0.39, 0.29) is 11.6 Å². The molecule has 0 spiro atoms. The number of benzene rings is 1. The van der Waals surface area contributed by atoms with E-state index in [1.54, 1.807) is 10.6 Å². The lowest BCUT2D eigenvalue weighted by molar-refractivity contribution is 0.0203. The predicted molar refractivity (Wildman–Crippen MR) is 104 cm³/mol. The Morgan fingerprint density at radius 2 is 2.00 bits per heavy atom. The molecule has 0 bridgehead atoms. The van der Waals surface area contributed by atoms with Gasteiger partial charge >= 0.3 is 5.69 Å². The Morgan fingerprint density at radius 3 is 2.74 bits per heavy atom. The predicted octanol–water partition coefficient (Wildman–Crippen LogP) is 1.68. The Labute approximate surface area is 158 Å². The highest BCUT2D eigenvalue weighted by molar-refractivity contribution is 5.97. The fourth-order valence-electron chi connectivity index (χ4n) is 4.14. The molecule has 2 aliphatic heterocycles. The summed E-state index contributed by atoms with van der Waals surface area (Å²) in [6.45, 7) is 7.50. The number of ether oxygens (including phenoxy) is 1. The number of amides is 1. The van der Waals surface area contributed by atoms with Gasteiger partial charge in [-0.1, -0.05) is 6.42 Å². The quantitative estimate of drug-likeness (QED) is 0.783. The number of likely N-dealkylation sites (tertiary alicyclic amines) is 2. The van der Waals surface area contributed by atoms with Crippen molar-refractivity contribution in [1.82, 2.24) is 19.4 Å². The number of carbonyl (C=O) groups excluding carboxylic acids is 1. The maximum Gasteiger partial charge on any atom is 0.326 e. The second-order valence-electron chi connectivity index (χ2n) is 7.47. The first kappa shape index (κ1) is 18.3. The first-order valence-corrected chi connectivity index (χ1v) is 10.0. The van der Waals surface area contributed by atoms with Crippen LogP contribution in [0, 0.1) is 0 Å². The molecular weight excluding hydrogens is 344 g/mol. The van der Waals surface area contributed by atoms with E-state index in [9.17, 15) is 9.59 Å². The molecule has 3 heterocycles. The van der Waals surface area contributed by atoms with Crippen molar-refractivity contribution in [2.24, 2.45) is 0 Å². The lowest BCUT2D eigenvalue weighted by Crippen LogP contribution is -2.61. The first-order valence-electron chi connectivity index (χ1n) is 10.0. The standard InChI is InChI=1S/C20H28N4O3/c1-2-27-11-10-24-18-7-6-15(12-17(18)21-20(24)26)19(25)23-13-16(14-23)22-8-4-3-5-9-22/h6-7,12,16H,2-5,8-11,13-14H2,1H3,(H,21,26). The average molecular weight is 372 g/mol. The molecule has 0 radical (unpaired) electrons. The third kappa shape index (κ3) is 3.66. The largest absolute Gasteiger partial charge is 0.380 e. The van der Waals surface area contributed by atoms with Crippen LogP contribution in [0.5, 0.6) is 0 Å². The summed E-state index contributed by atoms with van der Waals surface area (Å²) in [5.41, 5.74) is 1.99. The number of piperidine rings is 1. The fourth-order valence-corrected chi connectivity index (χ4v) is 4.14. The molecule has 7 nitrogen and oxygen atoms in total. The number of aromatic nitrogens is 2. The van der Waals surface area contributed by atoms with E-state index in [0.29, 0.717) is 36.9 Å². The normalized spacial score (nSPS) is 18.8. The van der Waals surface area contributed by atoms with Crippen LogP contribution in [0.25, 0.3) is 11.0 Å². The molecule has 2 aliphatic rings. The summed E-state index contributed by atoms with van der Waals surface area (Å²) < 4.78 is 7.01. The Balaban J connectivity index is 1.43. The smallest absolute Gasteiger partial charge is 0.326 e. The van der Waals surface area contributed by atoms with Crippen LogP contribution in [-0.2, 0) is 11.3 Å². The number of carbonyl (C=O) groups is 1. The summed E-state index contributed by atoms with van der Waals surface area (Å²) in [5.74, 6) is 0.0491. The van der Waals surface area contributed by atoms with E-state index < -0.39 is 0 Å². The third-order valence-electron chi connectivity index (χ3n) is 5.74. The molecule has 1 N–H and O–H groups in total.